The van der Waals surface area contributed by atoms with Gasteiger partial charge in [0, 0.05) is 10.9 Å². The lowest BCUT2D eigenvalue weighted by molar-refractivity contribution is 0.0621. The molecule has 1 fully saturated rings. The SMILES string of the molecule is C=CC(C)C1CCCC([C@@H](O)c2c3c(nc4ccccc24)OS(=O)(=O)O3)C1.CN.O. The third-order valence-electron chi connectivity index (χ3n) is 5.83. The number of hydrogen-bond donors (Lipinski definition) is 2. The summed E-state index contributed by atoms with van der Waals surface area (Å²) >= 11 is 0. The van der Waals surface area contributed by atoms with Crippen molar-refractivity contribution in [2.45, 2.75) is 38.7 Å². The van der Waals surface area contributed by atoms with Crippen LogP contribution in [0.25, 0.3) is 10.9 Å². The van der Waals surface area contributed by atoms with Gasteiger partial charge in [-0.25, -0.2) is 4.98 Å². The van der Waals surface area contributed by atoms with Crippen LogP contribution < -0.4 is 14.1 Å². The van der Waals surface area contributed by atoms with E-state index in [1.54, 1.807) is 6.07 Å². The van der Waals surface area contributed by atoms with E-state index in [9.17, 15) is 13.5 Å². The highest BCUT2D eigenvalue weighted by atomic mass is 32.3. The Labute approximate surface area is 177 Å². The number of hydrogen-bond acceptors (Lipinski definition) is 7. The molecule has 1 aromatic carbocycles. The molecular weight excluding hydrogens is 408 g/mol. The zero-order valence-corrected chi connectivity index (χ0v) is 18.1. The zero-order valence-electron chi connectivity index (χ0n) is 17.2. The van der Waals surface area contributed by atoms with E-state index >= 15 is 0 Å². The van der Waals surface area contributed by atoms with Crippen molar-refractivity contribution in [2.75, 3.05) is 7.05 Å². The highest BCUT2D eigenvalue weighted by molar-refractivity contribution is 7.82. The molecule has 4 atom stereocenters. The number of allylic oxidation sites excluding steroid dienone is 1. The van der Waals surface area contributed by atoms with Crippen molar-refractivity contribution in [2.24, 2.45) is 23.5 Å². The Morgan fingerprint density at radius 3 is 2.60 bits per heavy atom. The zero-order chi connectivity index (χ0) is 21.2. The molecule has 5 N–H and O–H groups in total. The van der Waals surface area contributed by atoms with E-state index in [0.29, 0.717) is 28.3 Å². The average molecular weight is 439 g/mol. The van der Waals surface area contributed by atoms with Gasteiger partial charge in [0.2, 0.25) is 5.75 Å². The summed E-state index contributed by atoms with van der Waals surface area (Å²) in [7, 11) is -2.68. The van der Waals surface area contributed by atoms with Crippen LogP contribution in [0.15, 0.2) is 36.9 Å². The summed E-state index contributed by atoms with van der Waals surface area (Å²) in [6.07, 6.45) is 4.96. The molecule has 0 radical (unpaired) electrons. The number of benzene rings is 1. The molecule has 0 amide bonds. The van der Waals surface area contributed by atoms with E-state index in [1.165, 1.54) is 7.05 Å². The van der Waals surface area contributed by atoms with Crippen molar-refractivity contribution in [1.29, 1.82) is 0 Å². The molecule has 0 bridgehead atoms. The molecule has 1 aliphatic carbocycles. The van der Waals surface area contributed by atoms with E-state index in [4.69, 9.17) is 8.37 Å². The lowest BCUT2D eigenvalue weighted by atomic mass is 9.72. The molecule has 1 aliphatic heterocycles. The maximum absolute atomic E-state index is 11.8. The van der Waals surface area contributed by atoms with E-state index in [2.05, 4.69) is 24.2 Å². The van der Waals surface area contributed by atoms with Crippen molar-refractivity contribution in [3.05, 3.63) is 42.5 Å². The van der Waals surface area contributed by atoms with Gasteiger partial charge in [-0.15, -0.1) is 15.0 Å². The van der Waals surface area contributed by atoms with Crippen LogP contribution >= 0.6 is 0 Å². The molecule has 166 valence electrons. The second kappa shape index (κ2) is 9.74. The minimum Gasteiger partial charge on any atom is -0.412 e. The molecule has 3 unspecified atom stereocenters. The van der Waals surface area contributed by atoms with Gasteiger partial charge in [0.15, 0.2) is 0 Å². The maximum Gasteiger partial charge on any atom is 0.502 e. The van der Waals surface area contributed by atoms with Crippen LogP contribution in [0.4, 0.5) is 0 Å². The Morgan fingerprint density at radius 2 is 1.90 bits per heavy atom. The van der Waals surface area contributed by atoms with Crippen LogP contribution in [-0.2, 0) is 10.4 Å². The molecule has 0 spiro atoms. The van der Waals surface area contributed by atoms with Crippen molar-refractivity contribution in [3.63, 3.8) is 0 Å². The summed E-state index contributed by atoms with van der Waals surface area (Å²) in [6.45, 7) is 6.04. The fraction of sp³-hybridized carbons (Fsp3) is 0.476. The van der Waals surface area contributed by atoms with Gasteiger partial charge in [0.1, 0.15) is 0 Å². The van der Waals surface area contributed by atoms with Crippen molar-refractivity contribution in [1.82, 2.24) is 4.98 Å². The van der Waals surface area contributed by atoms with Crippen LogP contribution in [0, 0.1) is 17.8 Å². The van der Waals surface area contributed by atoms with Gasteiger partial charge in [-0.1, -0.05) is 37.6 Å². The summed E-state index contributed by atoms with van der Waals surface area (Å²) in [6, 6.07) is 7.23. The lowest BCUT2D eigenvalue weighted by Gasteiger charge is -2.34. The molecule has 2 heterocycles. The second-order valence-corrected chi connectivity index (χ2v) is 8.63. The molecule has 8 nitrogen and oxygen atoms in total. The number of nitrogens with two attached hydrogens (primary N) is 1. The Hall–Kier alpha value is -2.20. The van der Waals surface area contributed by atoms with Crippen molar-refractivity contribution < 1.29 is 27.4 Å². The first-order valence-corrected chi connectivity index (χ1v) is 11.2. The number of nitrogens with zero attached hydrogens (tertiary/aromatic N) is 1. The molecule has 1 aromatic heterocycles. The average Bonchev–Trinajstić information content (AvgIpc) is 3.05. The number of para-hydroxylation sites is 1. The largest absolute Gasteiger partial charge is 0.502 e. The van der Waals surface area contributed by atoms with Crippen LogP contribution in [0.2, 0.25) is 0 Å². The monoisotopic (exact) mass is 438 g/mol. The summed E-state index contributed by atoms with van der Waals surface area (Å²) in [5, 5.41) is 11.9. The Kier molecular flexibility index (Phi) is 7.81. The Balaban J connectivity index is 0.00000104. The number of aliphatic hydroxyl groups excluding tert-OH is 1. The summed E-state index contributed by atoms with van der Waals surface area (Å²) in [5.41, 5.74) is 5.52. The highest BCUT2D eigenvalue weighted by Crippen LogP contribution is 2.48. The Bertz CT molecular complexity index is 994. The molecule has 2 aromatic rings. The quantitative estimate of drug-likeness (QED) is 0.698. The molecule has 9 heteroatoms. The van der Waals surface area contributed by atoms with Crippen molar-refractivity contribution in [3.8, 4) is 11.6 Å². The van der Waals surface area contributed by atoms with Crippen molar-refractivity contribution >= 4 is 21.3 Å². The van der Waals surface area contributed by atoms with Crippen LogP contribution in [-0.4, -0.2) is 31.0 Å². The fourth-order valence-electron chi connectivity index (χ4n) is 4.30. The molecular formula is C21H30N2O6S. The van der Waals surface area contributed by atoms with Gasteiger partial charge < -0.3 is 24.7 Å². The molecule has 1 saturated carbocycles. The number of rotatable bonds is 4. The number of pyridine rings is 1. The summed E-state index contributed by atoms with van der Waals surface area (Å²) < 4.78 is 33.6. The predicted octanol–water partition coefficient (Wildman–Crippen LogP) is 2.66. The maximum atomic E-state index is 11.8. The van der Waals surface area contributed by atoms with E-state index in [0.717, 1.165) is 25.7 Å². The minimum absolute atomic E-state index is 0. The first-order valence-electron chi connectivity index (χ1n) is 9.84. The lowest BCUT2D eigenvalue weighted by Crippen LogP contribution is -2.25. The molecule has 30 heavy (non-hydrogen) atoms. The van der Waals surface area contributed by atoms with E-state index in [1.807, 2.05) is 24.3 Å². The molecule has 4 rings (SSSR count). The van der Waals surface area contributed by atoms with Crippen LogP contribution in [0.5, 0.6) is 11.6 Å². The fourth-order valence-corrected chi connectivity index (χ4v) is 5.01. The molecule has 2 aliphatic rings. The number of fused-ring (bicyclic) bond motifs is 2. The van der Waals surface area contributed by atoms with Gasteiger partial charge >= 0.3 is 10.4 Å². The third kappa shape index (κ3) is 4.59. The van der Waals surface area contributed by atoms with Gasteiger partial charge in [0.05, 0.1) is 11.6 Å². The third-order valence-corrected chi connectivity index (χ3v) is 6.57. The number of aromatic nitrogens is 1. The van der Waals surface area contributed by atoms with Crippen LogP contribution in [0.1, 0.15) is 44.3 Å². The summed E-state index contributed by atoms with van der Waals surface area (Å²) in [5.74, 6) is 0.750. The molecule has 0 saturated heterocycles. The van der Waals surface area contributed by atoms with Gasteiger partial charge in [0.25, 0.3) is 5.88 Å². The Morgan fingerprint density at radius 1 is 1.23 bits per heavy atom. The van der Waals surface area contributed by atoms with Gasteiger partial charge in [-0.05, 0) is 50.1 Å². The minimum atomic E-state index is -4.18. The van der Waals surface area contributed by atoms with E-state index in [-0.39, 0.29) is 23.0 Å². The smallest absolute Gasteiger partial charge is 0.412 e. The standard InChI is InChI=1S/C20H23NO5S.CH5N.H2O/c1-3-12(2)13-7-6-8-14(11-13)18(22)17-15-9-4-5-10-16(15)21-20-19(17)25-27(23,24)26-20;1-2;/h3-5,9-10,12-14,18,22H,1,6-8,11H2,2H3;2H2,1H3;1H2/t12?,13?,14?,18-;;/m1../s1. The summed E-state index contributed by atoms with van der Waals surface area (Å²) in [4.78, 5) is 4.25. The first-order chi connectivity index (χ1) is 13.9. The number of aliphatic hydroxyl groups is 1. The van der Waals surface area contributed by atoms with Gasteiger partial charge in [-0.3, -0.25) is 0 Å². The highest BCUT2D eigenvalue weighted by Gasteiger charge is 2.39. The van der Waals surface area contributed by atoms with Gasteiger partial charge in [-0.2, -0.15) is 0 Å². The second-order valence-electron chi connectivity index (χ2n) is 7.48. The van der Waals surface area contributed by atoms with E-state index < -0.39 is 16.5 Å². The normalized spacial score (nSPS) is 23.5. The van der Waals surface area contributed by atoms with Crippen LogP contribution in [0.3, 0.4) is 0 Å². The topological polar surface area (TPSA) is 143 Å². The predicted molar refractivity (Wildman–Crippen MR) is 115 cm³/mol. The first kappa shape index (κ1) is 24.1.